The molecule has 0 radical (unpaired) electrons. The molecule has 36 heavy (non-hydrogen) atoms. The number of carbonyl (C=O) groups is 1. The highest BCUT2D eigenvalue weighted by Gasteiger charge is 2.31. The van der Waals surface area contributed by atoms with Crippen molar-refractivity contribution in [3.05, 3.63) is 41.3 Å². The number of nitrogens with zero attached hydrogens (tertiary/aromatic N) is 2. The molecule has 1 aromatic heterocycles. The lowest BCUT2D eigenvalue weighted by molar-refractivity contribution is -0.139. The highest BCUT2D eigenvalue weighted by Crippen LogP contribution is 2.40. The van der Waals surface area contributed by atoms with Crippen LogP contribution in [0, 0.1) is 5.82 Å². The standard InChI is InChI=1S/C26H37FN2O6S/c1-4-22-26(36(34)28-11-13-35-14-12-28)24(17(2)3)25(18-5-7-19(27)8-6-18)29(22)10-9-20(30)15-21(31)16-23(32)33/h5-8,17,20-21,30-31H,4,9-16H2,1-3H3,(H,32,33). The number of halogens is 1. The smallest absolute Gasteiger partial charge is 0.305 e. The van der Waals surface area contributed by atoms with Gasteiger partial charge in [-0.15, -0.1) is 0 Å². The third kappa shape index (κ3) is 6.80. The normalized spacial score (nSPS) is 17.3. The van der Waals surface area contributed by atoms with E-state index in [0.717, 1.165) is 27.4 Å². The Morgan fingerprint density at radius 1 is 1.14 bits per heavy atom. The molecule has 200 valence electrons. The zero-order valence-electron chi connectivity index (χ0n) is 21.2. The number of aliphatic carboxylic acids is 1. The van der Waals surface area contributed by atoms with E-state index in [2.05, 4.69) is 4.57 Å². The van der Waals surface area contributed by atoms with Crippen LogP contribution >= 0.6 is 0 Å². The van der Waals surface area contributed by atoms with Gasteiger partial charge < -0.3 is 24.6 Å². The molecule has 1 aliphatic heterocycles. The van der Waals surface area contributed by atoms with Crippen LogP contribution in [0.25, 0.3) is 11.3 Å². The zero-order chi connectivity index (χ0) is 26.4. The first-order valence-electron chi connectivity index (χ1n) is 12.5. The Balaban J connectivity index is 2.06. The summed E-state index contributed by atoms with van der Waals surface area (Å²) in [6.45, 7) is 8.61. The maximum absolute atomic E-state index is 13.9. The molecule has 3 unspecified atom stereocenters. The number of carboxylic acid groups (broad SMARTS) is 1. The summed E-state index contributed by atoms with van der Waals surface area (Å²) in [5.41, 5.74) is 3.46. The van der Waals surface area contributed by atoms with Crippen molar-refractivity contribution in [1.29, 1.82) is 0 Å². The van der Waals surface area contributed by atoms with E-state index in [1.165, 1.54) is 12.1 Å². The first-order valence-corrected chi connectivity index (χ1v) is 13.6. The fourth-order valence-electron chi connectivity index (χ4n) is 4.75. The second-order valence-electron chi connectivity index (χ2n) is 9.43. The highest BCUT2D eigenvalue weighted by atomic mass is 32.2. The minimum absolute atomic E-state index is 0.0268. The number of carboxylic acids is 1. The molecule has 3 atom stereocenters. The quantitative estimate of drug-likeness (QED) is 0.393. The summed E-state index contributed by atoms with van der Waals surface area (Å²) in [6.07, 6.45) is -1.66. The molecule has 1 saturated heterocycles. The number of benzene rings is 1. The third-order valence-corrected chi connectivity index (χ3v) is 8.05. The Morgan fingerprint density at radius 2 is 1.78 bits per heavy atom. The number of hydrogen-bond acceptors (Lipinski definition) is 5. The highest BCUT2D eigenvalue weighted by molar-refractivity contribution is 7.82. The lowest BCUT2D eigenvalue weighted by atomic mass is 9.98. The first kappa shape index (κ1) is 28.5. The molecule has 8 nitrogen and oxygen atoms in total. The Hall–Kier alpha value is -2.11. The molecule has 2 aromatic rings. The van der Waals surface area contributed by atoms with Gasteiger partial charge >= 0.3 is 5.97 Å². The van der Waals surface area contributed by atoms with Crippen LogP contribution in [0.4, 0.5) is 4.39 Å². The molecule has 0 amide bonds. The summed E-state index contributed by atoms with van der Waals surface area (Å²) >= 11 is 0. The lowest BCUT2D eigenvalue weighted by Gasteiger charge is -2.26. The largest absolute Gasteiger partial charge is 0.481 e. The Labute approximate surface area is 214 Å². The average Bonchev–Trinajstić information content (AvgIpc) is 3.17. The molecule has 1 aliphatic rings. The number of ether oxygens (including phenoxy) is 1. The van der Waals surface area contributed by atoms with Gasteiger partial charge in [-0.25, -0.2) is 12.9 Å². The van der Waals surface area contributed by atoms with Crippen molar-refractivity contribution in [3.63, 3.8) is 0 Å². The maximum Gasteiger partial charge on any atom is 0.305 e. The second kappa shape index (κ2) is 12.9. The predicted molar refractivity (Wildman–Crippen MR) is 136 cm³/mol. The van der Waals surface area contributed by atoms with E-state index in [4.69, 9.17) is 9.84 Å². The van der Waals surface area contributed by atoms with Gasteiger partial charge in [-0.1, -0.05) is 20.8 Å². The van der Waals surface area contributed by atoms with E-state index in [-0.39, 0.29) is 24.6 Å². The van der Waals surface area contributed by atoms with Crippen molar-refractivity contribution >= 4 is 17.0 Å². The van der Waals surface area contributed by atoms with E-state index in [0.29, 0.717) is 39.3 Å². The molecule has 3 rings (SSSR count). The SMILES string of the molecule is CCc1c(S(=O)N2CCOCC2)c(C(C)C)c(-c2ccc(F)cc2)n1CCC(O)CC(O)CC(=O)O. The molecule has 3 N–H and O–H groups in total. The zero-order valence-corrected chi connectivity index (χ0v) is 22.0. The molecule has 10 heteroatoms. The topological polar surface area (TPSA) is 112 Å². The van der Waals surface area contributed by atoms with Crippen LogP contribution in [-0.2, 0) is 33.5 Å². The Morgan fingerprint density at radius 3 is 2.33 bits per heavy atom. The predicted octanol–water partition coefficient (Wildman–Crippen LogP) is 3.31. The molecule has 1 fully saturated rings. The van der Waals surface area contributed by atoms with Crippen LogP contribution in [0.2, 0.25) is 0 Å². The molecule has 0 aliphatic carbocycles. The average molecular weight is 525 g/mol. The minimum Gasteiger partial charge on any atom is -0.481 e. The van der Waals surface area contributed by atoms with Crippen molar-refractivity contribution in [1.82, 2.24) is 8.87 Å². The van der Waals surface area contributed by atoms with Crippen molar-refractivity contribution in [2.45, 2.75) is 76.0 Å². The third-order valence-electron chi connectivity index (χ3n) is 6.41. The van der Waals surface area contributed by atoms with Gasteiger partial charge in [-0.2, -0.15) is 0 Å². The fourth-order valence-corrected chi connectivity index (χ4v) is 6.47. The van der Waals surface area contributed by atoms with E-state index in [1.807, 2.05) is 25.1 Å². The second-order valence-corrected chi connectivity index (χ2v) is 10.8. The van der Waals surface area contributed by atoms with E-state index >= 15 is 0 Å². The summed E-state index contributed by atoms with van der Waals surface area (Å²) in [6, 6.07) is 6.22. The van der Waals surface area contributed by atoms with E-state index in [9.17, 15) is 23.6 Å². The number of aliphatic hydroxyl groups excluding tert-OH is 2. The summed E-state index contributed by atoms with van der Waals surface area (Å²) < 4.78 is 37.1. The molecular weight excluding hydrogens is 487 g/mol. The van der Waals surface area contributed by atoms with Crippen LogP contribution in [0.1, 0.15) is 57.2 Å². The number of hydrogen-bond donors (Lipinski definition) is 3. The molecule has 1 aromatic carbocycles. The van der Waals surface area contributed by atoms with Crippen molar-refractivity contribution in [3.8, 4) is 11.3 Å². The van der Waals surface area contributed by atoms with Gasteiger partial charge in [0.15, 0.2) is 0 Å². The summed E-state index contributed by atoms with van der Waals surface area (Å²) in [5, 5.41) is 29.4. The van der Waals surface area contributed by atoms with Gasteiger partial charge in [-0.3, -0.25) is 4.79 Å². The van der Waals surface area contributed by atoms with Gasteiger partial charge in [0, 0.05) is 25.3 Å². The van der Waals surface area contributed by atoms with Crippen LogP contribution in [0.5, 0.6) is 0 Å². The van der Waals surface area contributed by atoms with Crippen LogP contribution in [-0.4, -0.2) is 72.9 Å². The summed E-state index contributed by atoms with van der Waals surface area (Å²) in [5.74, 6) is -1.44. The van der Waals surface area contributed by atoms with Gasteiger partial charge in [0.2, 0.25) is 0 Å². The van der Waals surface area contributed by atoms with Crippen molar-refractivity contribution < 1.29 is 33.5 Å². The Kier molecular flexibility index (Phi) is 10.2. The van der Waals surface area contributed by atoms with Gasteiger partial charge in [-0.05, 0) is 60.6 Å². The van der Waals surface area contributed by atoms with E-state index in [1.54, 1.807) is 12.1 Å². The van der Waals surface area contributed by atoms with Crippen molar-refractivity contribution in [2.24, 2.45) is 0 Å². The number of aliphatic hydroxyl groups is 2. The minimum atomic E-state index is -1.42. The molecule has 0 spiro atoms. The lowest BCUT2D eigenvalue weighted by Crippen LogP contribution is -2.38. The number of rotatable bonds is 12. The molecule has 0 saturated carbocycles. The van der Waals surface area contributed by atoms with Crippen LogP contribution in [0.15, 0.2) is 29.2 Å². The Bertz CT molecular complexity index is 1050. The van der Waals surface area contributed by atoms with E-state index < -0.39 is 35.6 Å². The maximum atomic E-state index is 13.9. The van der Waals surface area contributed by atoms with Gasteiger partial charge in [0.25, 0.3) is 0 Å². The van der Waals surface area contributed by atoms with Crippen molar-refractivity contribution in [2.75, 3.05) is 26.3 Å². The fraction of sp³-hybridized carbons (Fsp3) is 0.577. The molecule has 2 heterocycles. The summed E-state index contributed by atoms with van der Waals surface area (Å²) in [4.78, 5) is 11.6. The van der Waals surface area contributed by atoms with Gasteiger partial charge in [0.1, 0.15) is 16.8 Å². The number of aromatic nitrogens is 1. The first-order chi connectivity index (χ1) is 17.1. The molecular formula is C26H37FN2O6S. The number of morpholine rings is 1. The summed E-state index contributed by atoms with van der Waals surface area (Å²) in [7, 11) is -1.42. The molecule has 0 bridgehead atoms. The van der Waals surface area contributed by atoms with Crippen LogP contribution in [0.3, 0.4) is 0 Å². The van der Waals surface area contributed by atoms with Gasteiger partial charge in [0.05, 0.1) is 42.4 Å². The monoisotopic (exact) mass is 524 g/mol. The van der Waals surface area contributed by atoms with Crippen LogP contribution < -0.4 is 0 Å².